The summed E-state index contributed by atoms with van der Waals surface area (Å²) in [5, 5.41) is 10.6. The minimum Gasteiger partial charge on any atom is -0.497 e. The van der Waals surface area contributed by atoms with E-state index in [-0.39, 0.29) is 0 Å². The van der Waals surface area contributed by atoms with E-state index in [4.69, 9.17) is 14.2 Å². The van der Waals surface area contributed by atoms with Crippen LogP contribution in [0.5, 0.6) is 17.2 Å². The van der Waals surface area contributed by atoms with Crippen LogP contribution in [-0.4, -0.2) is 24.9 Å². The van der Waals surface area contributed by atoms with Crippen molar-refractivity contribution in [2.45, 2.75) is 19.1 Å². The highest BCUT2D eigenvalue weighted by atomic mass is 16.6. The van der Waals surface area contributed by atoms with Crippen molar-refractivity contribution in [3.63, 3.8) is 0 Å². The molecular weight excluding hydrogens is 268 g/mol. The molecule has 2 unspecified atom stereocenters. The molecule has 1 heterocycles. The van der Waals surface area contributed by atoms with Gasteiger partial charge in [0.2, 0.25) is 0 Å². The second-order valence-electron chi connectivity index (χ2n) is 5.08. The molecule has 3 rings (SSSR count). The van der Waals surface area contributed by atoms with Gasteiger partial charge in [0, 0.05) is 0 Å². The highest BCUT2D eigenvalue weighted by Gasteiger charge is 2.29. The van der Waals surface area contributed by atoms with E-state index in [2.05, 4.69) is 0 Å². The van der Waals surface area contributed by atoms with Gasteiger partial charge in [-0.05, 0) is 42.3 Å². The van der Waals surface area contributed by atoms with Gasteiger partial charge in [0.15, 0.2) is 17.6 Å². The number of hydrogen-bond donors (Lipinski definition) is 1. The van der Waals surface area contributed by atoms with Crippen LogP contribution in [0, 0.1) is 6.92 Å². The third-order valence-corrected chi connectivity index (χ3v) is 3.68. The van der Waals surface area contributed by atoms with Crippen LogP contribution in [-0.2, 0) is 0 Å². The molecule has 0 amide bonds. The summed E-state index contributed by atoms with van der Waals surface area (Å²) in [6, 6.07) is 13.1. The van der Waals surface area contributed by atoms with E-state index >= 15 is 0 Å². The molecule has 0 aromatic heterocycles. The molecule has 0 saturated carbocycles. The zero-order valence-corrected chi connectivity index (χ0v) is 12.1. The van der Waals surface area contributed by atoms with Crippen LogP contribution < -0.4 is 14.2 Å². The fourth-order valence-electron chi connectivity index (χ4n) is 2.50. The monoisotopic (exact) mass is 286 g/mol. The molecular formula is C17H18O4. The Morgan fingerprint density at radius 2 is 1.95 bits per heavy atom. The molecule has 2 aromatic carbocycles. The number of aliphatic hydroxyl groups is 1. The Balaban J connectivity index is 1.82. The van der Waals surface area contributed by atoms with Crippen molar-refractivity contribution in [2.75, 3.05) is 13.7 Å². The fraction of sp³-hybridized carbons (Fsp3) is 0.294. The average molecular weight is 286 g/mol. The van der Waals surface area contributed by atoms with E-state index in [9.17, 15) is 5.11 Å². The van der Waals surface area contributed by atoms with E-state index in [0.717, 1.165) is 16.9 Å². The second kappa shape index (κ2) is 5.66. The number of ether oxygens (including phenoxy) is 3. The molecule has 0 fully saturated rings. The molecule has 21 heavy (non-hydrogen) atoms. The lowest BCUT2D eigenvalue weighted by molar-refractivity contribution is -0.0116. The van der Waals surface area contributed by atoms with Crippen LogP contribution in [0.2, 0.25) is 0 Å². The number of aliphatic hydroxyl groups excluding tert-OH is 1. The molecule has 0 saturated heterocycles. The Hall–Kier alpha value is -2.20. The minimum absolute atomic E-state index is 0.323. The molecule has 1 aliphatic rings. The smallest absolute Gasteiger partial charge is 0.163 e. The summed E-state index contributed by atoms with van der Waals surface area (Å²) < 4.78 is 16.7. The van der Waals surface area contributed by atoms with Crippen LogP contribution in [0.25, 0.3) is 0 Å². The van der Waals surface area contributed by atoms with Gasteiger partial charge in [-0.25, -0.2) is 0 Å². The summed E-state index contributed by atoms with van der Waals surface area (Å²) >= 11 is 0. The summed E-state index contributed by atoms with van der Waals surface area (Å²) in [5.41, 5.74) is 1.79. The molecule has 1 N–H and O–H groups in total. The first-order valence-electron chi connectivity index (χ1n) is 6.90. The topological polar surface area (TPSA) is 47.9 Å². The van der Waals surface area contributed by atoms with Gasteiger partial charge in [-0.2, -0.15) is 0 Å². The number of benzene rings is 2. The van der Waals surface area contributed by atoms with Gasteiger partial charge in [-0.15, -0.1) is 0 Å². The molecule has 2 atom stereocenters. The van der Waals surface area contributed by atoms with Crippen molar-refractivity contribution < 1.29 is 19.3 Å². The maximum atomic E-state index is 10.6. The predicted molar refractivity (Wildman–Crippen MR) is 79.0 cm³/mol. The van der Waals surface area contributed by atoms with Crippen LogP contribution in [0.1, 0.15) is 17.2 Å². The largest absolute Gasteiger partial charge is 0.497 e. The zero-order chi connectivity index (χ0) is 14.8. The van der Waals surface area contributed by atoms with E-state index in [1.165, 1.54) is 0 Å². The van der Waals surface area contributed by atoms with Gasteiger partial charge in [0.1, 0.15) is 18.5 Å². The number of aryl methyl sites for hydroxylation is 1. The van der Waals surface area contributed by atoms with Crippen molar-refractivity contribution in [3.05, 3.63) is 53.6 Å². The fourth-order valence-corrected chi connectivity index (χ4v) is 2.50. The molecule has 2 aromatic rings. The Kier molecular flexibility index (Phi) is 3.71. The predicted octanol–water partition coefficient (Wildman–Crippen LogP) is 2.88. The highest BCUT2D eigenvalue weighted by molar-refractivity contribution is 5.42. The van der Waals surface area contributed by atoms with Crippen molar-refractivity contribution >= 4 is 0 Å². The Bertz CT molecular complexity index is 638. The van der Waals surface area contributed by atoms with Gasteiger partial charge in [-0.1, -0.05) is 18.2 Å². The van der Waals surface area contributed by atoms with Crippen molar-refractivity contribution in [2.24, 2.45) is 0 Å². The molecule has 4 nitrogen and oxygen atoms in total. The van der Waals surface area contributed by atoms with Crippen LogP contribution in [0.4, 0.5) is 0 Å². The minimum atomic E-state index is -0.746. The molecule has 4 heteroatoms. The number of methoxy groups -OCH3 is 1. The lowest BCUT2D eigenvalue weighted by atomic mass is 9.99. The second-order valence-corrected chi connectivity index (χ2v) is 5.08. The first kappa shape index (κ1) is 13.8. The molecule has 1 aliphatic heterocycles. The maximum Gasteiger partial charge on any atom is 0.163 e. The molecule has 0 radical (unpaired) electrons. The van der Waals surface area contributed by atoms with E-state index in [1.807, 2.05) is 49.4 Å². The standard InChI is InChI=1S/C17H18O4/c1-11-9-12(19-2)7-8-13(11)17(18)16-10-20-14-5-3-4-6-15(14)21-16/h3-9,16-18H,10H2,1-2H3. The molecule has 110 valence electrons. The maximum absolute atomic E-state index is 10.6. The summed E-state index contributed by atoms with van der Waals surface area (Å²) in [7, 11) is 1.62. The third kappa shape index (κ3) is 2.67. The Morgan fingerprint density at radius 3 is 2.67 bits per heavy atom. The first-order valence-corrected chi connectivity index (χ1v) is 6.90. The van der Waals surface area contributed by atoms with Crippen molar-refractivity contribution in [1.29, 1.82) is 0 Å². The first-order chi connectivity index (χ1) is 10.2. The highest BCUT2D eigenvalue weighted by Crippen LogP contribution is 2.35. The summed E-state index contributed by atoms with van der Waals surface area (Å²) in [6.07, 6.45) is -1.17. The SMILES string of the molecule is COc1ccc(C(O)C2COc3ccccc3O2)c(C)c1. The normalized spacial score (nSPS) is 18.1. The number of fused-ring (bicyclic) bond motifs is 1. The van der Waals surface area contributed by atoms with Gasteiger partial charge in [0.25, 0.3) is 0 Å². The van der Waals surface area contributed by atoms with Crippen molar-refractivity contribution in [3.8, 4) is 17.2 Å². The van der Waals surface area contributed by atoms with Gasteiger partial charge in [-0.3, -0.25) is 0 Å². The number of hydrogen-bond acceptors (Lipinski definition) is 4. The quantitative estimate of drug-likeness (QED) is 0.942. The Labute approximate surface area is 123 Å². The van der Waals surface area contributed by atoms with Crippen molar-refractivity contribution in [1.82, 2.24) is 0 Å². The third-order valence-electron chi connectivity index (χ3n) is 3.68. The zero-order valence-electron chi connectivity index (χ0n) is 12.1. The summed E-state index contributed by atoms with van der Waals surface area (Å²) in [6.45, 7) is 2.27. The van der Waals surface area contributed by atoms with Crippen LogP contribution in [0.15, 0.2) is 42.5 Å². The van der Waals surface area contributed by atoms with Gasteiger partial charge >= 0.3 is 0 Å². The summed E-state index contributed by atoms with van der Waals surface area (Å²) in [5.74, 6) is 2.15. The Morgan fingerprint density at radius 1 is 1.19 bits per heavy atom. The van der Waals surface area contributed by atoms with Crippen LogP contribution in [0.3, 0.4) is 0 Å². The molecule has 0 aliphatic carbocycles. The number of rotatable bonds is 3. The van der Waals surface area contributed by atoms with Gasteiger partial charge < -0.3 is 19.3 Å². The van der Waals surface area contributed by atoms with E-state index in [0.29, 0.717) is 18.1 Å². The van der Waals surface area contributed by atoms with E-state index in [1.54, 1.807) is 7.11 Å². The van der Waals surface area contributed by atoms with Crippen LogP contribution >= 0.6 is 0 Å². The lowest BCUT2D eigenvalue weighted by Crippen LogP contribution is -2.35. The van der Waals surface area contributed by atoms with E-state index < -0.39 is 12.2 Å². The average Bonchev–Trinajstić information content (AvgIpc) is 2.53. The summed E-state index contributed by atoms with van der Waals surface area (Å²) in [4.78, 5) is 0. The lowest BCUT2D eigenvalue weighted by Gasteiger charge is -2.30. The number of para-hydroxylation sites is 2. The molecule has 0 bridgehead atoms. The molecule has 0 spiro atoms. The van der Waals surface area contributed by atoms with Gasteiger partial charge in [0.05, 0.1) is 7.11 Å².